The highest BCUT2D eigenvalue weighted by Gasteiger charge is 2.45. The third kappa shape index (κ3) is 2.11. The summed E-state index contributed by atoms with van der Waals surface area (Å²) in [6.45, 7) is 6.44. The Morgan fingerprint density at radius 2 is 1.71 bits per heavy atom. The highest BCUT2D eigenvalue weighted by atomic mass is 32.2. The standard InChI is InChI=1S/C10H21NO2S/c1-9(2,3)10(13-4)5-7-14(11,12)8-6-10/h11H,5-8H2,1-4H3. The number of nitrogens with one attached hydrogen (secondary N) is 1. The Balaban J connectivity index is 2.87. The minimum Gasteiger partial charge on any atom is -0.378 e. The van der Waals surface area contributed by atoms with Gasteiger partial charge >= 0.3 is 0 Å². The molecule has 4 heteroatoms. The number of ether oxygens (including phenoxy) is 1. The van der Waals surface area contributed by atoms with Crippen LogP contribution in [-0.2, 0) is 14.5 Å². The first-order valence-electron chi connectivity index (χ1n) is 5.02. The van der Waals surface area contributed by atoms with Gasteiger partial charge in [0.15, 0.2) is 0 Å². The van der Waals surface area contributed by atoms with Crippen LogP contribution >= 0.6 is 0 Å². The Morgan fingerprint density at radius 3 is 2.00 bits per heavy atom. The van der Waals surface area contributed by atoms with E-state index in [0.29, 0.717) is 11.5 Å². The first-order valence-corrected chi connectivity index (χ1v) is 6.91. The molecule has 1 saturated heterocycles. The van der Waals surface area contributed by atoms with Gasteiger partial charge in [0.05, 0.1) is 5.60 Å². The van der Waals surface area contributed by atoms with Gasteiger partial charge in [-0.05, 0) is 18.3 Å². The number of hydrogen-bond acceptors (Lipinski definition) is 3. The summed E-state index contributed by atoms with van der Waals surface area (Å²) >= 11 is 0. The summed E-state index contributed by atoms with van der Waals surface area (Å²) in [6, 6.07) is 0. The molecule has 1 aliphatic heterocycles. The molecular weight excluding hydrogens is 198 g/mol. The highest BCUT2D eigenvalue weighted by molar-refractivity contribution is 7.92. The molecule has 84 valence electrons. The van der Waals surface area contributed by atoms with Gasteiger partial charge < -0.3 is 4.74 Å². The van der Waals surface area contributed by atoms with E-state index in [2.05, 4.69) is 20.8 Å². The van der Waals surface area contributed by atoms with Crippen LogP contribution in [0.4, 0.5) is 0 Å². The zero-order valence-electron chi connectivity index (χ0n) is 9.55. The van der Waals surface area contributed by atoms with Crippen LogP contribution in [0.15, 0.2) is 0 Å². The first-order chi connectivity index (χ1) is 6.22. The molecule has 1 N–H and O–H groups in total. The minimum atomic E-state index is -2.30. The van der Waals surface area contributed by atoms with Crippen LogP contribution in [-0.4, -0.2) is 28.4 Å². The van der Waals surface area contributed by atoms with E-state index in [1.807, 2.05) is 0 Å². The maximum absolute atomic E-state index is 11.5. The fourth-order valence-electron chi connectivity index (χ4n) is 2.15. The molecule has 0 amide bonds. The molecule has 1 aliphatic rings. The predicted octanol–water partition coefficient (Wildman–Crippen LogP) is 2.26. The molecule has 0 aliphatic carbocycles. The zero-order chi connectivity index (χ0) is 11.0. The maximum atomic E-state index is 11.5. The number of methoxy groups -OCH3 is 1. The average Bonchev–Trinajstić information content (AvgIpc) is 2.03. The van der Waals surface area contributed by atoms with Crippen molar-refractivity contribution in [3.63, 3.8) is 0 Å². The zero-order valence-corrected chi connectivity index (χ0v) is 10.4. The Morgan fingerprint density at radius 1 is 1.29 bits per heavy atom. The lowest BCUT2D eigenvalue weighted by molar-refractivity contribution is -0.0979. The van der Waals surface area contributed by atoms with Gasteiger partial charge in [0, 0.05) is 28.3 Å². The molecule has 0 aromatic heterocycles. The van der Waals surface area contributed by atoms with Gasteiger partial charge in [-0.3, -0.25) is 4.78 Å². The van der Waals surface area contributed by atoms with E-state index >= 15 is 0 Å². The summed E-state index contributed by atoms with van der Waals surface area (Å²) in [5, 5.41) is 0. The Bertz CT molecular complexity index is 287. The molecule has 0 aromatic carbocycles. The number of hydrogen-bond donors (Lipinski definition) is 1. The van der Waals surface area contributed by atoms with Crippen LogP contribution in [0, 0.1) is 10.2 Å². The van der Waals surface area contributed by atoms with Crippen LogP contribution < -0.4 is 0 Å². The Kier molecular flexibility index (Phi) is 2.99. The van der Waals surface area contributed by atoms with Gasteiger partial charge in [-0.15, -0.1) is 0 Å². The van der Waals surface area contributed by atoms with Crippen molar-refractivity contribution in [1.29, 1.82) is 4.78 Å². The van der Waals surface area contributed by atoms with Gasteiger partial charge in [-0.2, -0.15) is 0 Å². The fraction of sp³-hybridized carbons (Fsp3) is 1.00. The lowest BCUT2D eigenvalue weighted by Crippen LogP contribution is -2.50. The summed E-state index contributed by atoms with van der Waals surface area (Å²) < 4.78 is 24.7. The average molecular weight is 219 g/mol. The Labute approximate surface area is 87.2 Å². The van der Waals surface area contributed by atoms with E-state index in [-0.39, 0.29) is 11.0 Å². The molecule has 1 fully saturated rings. The van der Waals surface area contributed by atoms with E-state index in [0.717, 1.165) is 12.8 Å². The van der Waals surface area contributed by atoms with Gasteiger partial charge in [-0.1, -0.05) is 20.8 Å². The summed E-state index contributed by atoms with van der Waals surface area (Å²) in [5.41, 5.74) is -0.132. The SMILES string of the molecule is COC1(C(C)(C)C)CCS(=N)(=O)CC1. The monoisotopic (exact) mass is 219 g/mol. The summed E-state index contributed by atoms with van der Waals surface area (Å²) in [4.78, 5) is 0. The molecule has 1 rings (SSSR count). The van der Waals surface area contributed by atoms with Crippen molar-refractivity contribution in [3.05, 3.63) is 0 Å². The van der Waals surface area contributed by atoms with Crippen LogP contribution in [0.1, 0.15) is 33.6 Å². The van der Waals surface area contributed by atoms with Crippen molar-refractivity contribution in [2.45, 2.75) is 39.2 Å². The molecule has 0 saturated carbocycles. The van der Waals surface area contributed by atoms with Crippen molar-refractivity contribution in [3.8, 4) is 0 Å². The molecule has 1 heterocycles. The van der Waals surface area contributed by atoms with Crippen molar-refractivity contribution >= 4 is 9.73 Å². The lowest BCUT2D eigenvalue weighted by atomic mass is 9.72. The van der Waals surface area contributed by atoms with Crippen LogP contribution in [0.25, 0.3) is 0 Å². The van der Waals surface area contributed by atoms with E-state index in [1.165, 1.54) is 0 Å². The van der Waals surface area contributed by atoms with Crippen molar-refractivity contribution in [2.24, 2.45) is 5.41 Å². The smallest absolute Gasteiger partial charge is 0.0745 e. The quantitative estimate of drug-likeness (QED) is 0.735. The van der Waals surface area contributed by atoms with E-state index in [1.54, 1.807) is 7.11 Å². The second-order valence-electron chi connectivity index (χ2n) is 5.17. The normalized spacial score (nSPS) is 39.7. The minimum absolute atomic E-state index is 0.0533. The molecule has 0 radical (unpaired) electrons. The molecule has 3 nitrogen and oxygen atoms in total. The summed E-state index contributed by atoms with van der Waals surface area (Å²) in [6.07, 6.45) is 1.49. The third-order valence-electron chi connectivity index (χ3n) is 3.43. The predicted molar refractivity (Wildman–Crippen MR) is 59.0 cm³/mol. The fourth-order valence-corrected chi connectivity index (χ4v) is 3.67. The second-order valence-corrected chi connectivity index (χ2v) is 7.61. The Hall–Kier alpha value is -0.0900. The molecular formula is C10H21NO2S. The maximum Gasteiger partial charge on any atom is 0.0745 e. The topological polar surface area (TPSA) is 50.1 Å². The van der Waals surface area contributed by atoms with Gasteiger partial charge in [-0.25, -0.2) is 4.21 Å². The van der Waals surface area contributed by atoms with E-state index < -0.39 is 9.73 Å². The summed E-state index contributed by atoms with van der Waals surface area (Å²) in [5.74, 6) is 0.968. The van der Waals surface area contributed by atoms with Crippen LogP contribution in [0.5, 0.6) is 0 Å². The van der Waals surface area contributed by atoms with Crippen LogP contribution in [0.3, 0.4) is 0 Å². The van der Waals surface area contributed by atoms with Crippen molar-refractivity contribution in [2.75, 3.05) is 18.6 Å². The van der Waals surface area contributed by atoms with Gasteiger partial charge in [0.2, 0.25) is 0 Å². The van der Waals surface area contributed by atoms with Crippen molar-refractivity contribution in [1.82, 2.24) is 0 Å². The number of rotatable bonds is 1. The molecule has 0 unspecified atom stereocenters. The molecule has 0 bridgehead atoms. The molecule has 14 heavy (non-hydrogen) atoms. The third-order valence-corrected chi connectivity index (χ3v) is 5.16. The highest BCUT2D eigenvalue weighted by Crippen LogP contribution is 2.42. The molecule has 0 spiro atoms. The largest absolute Gasteiger partial charge is 0.378 e. The lowest BCUT2D eigenvalue weighted by Gasteiger charge is -2.46. The van der Waals surface area contributed by atoms with Gasteiger partial charge in [0.25, 0.3) is 0 Å². The van der Waals surface area contributed by atoms with E-state index in [4.69, 9.17) is 9.52 Å². The second kappa shape index (κ2) is 3.49. The van der Waals surface area contributed by atoms with Gasteiger partial charge in [0.1, 0.15) is 0 Å². The molecule has 0 aromatic rings. The first kappa shape index (κ1) is 12.0. The molecule has 0 atom stereocenters. The summed E-state index contributed by atoms with van der Waals surface area (Å²) in [7, 11) is -0.580. The van der Waals surface area contributed by atoms with Crippen LogP contribution in [0.2, 0.25) is 0 Å². The van der Waals surface area contributed by atoms with E-state index in [9.17, 15) is 4.21 Å². The van der Waals surface area contributed by atoms with Crippen molar-refractivity contribution < 1.29 is 8.95 Å².